The Morgan fingerprint density at radius 3 is 2.68 bits per heavy atom. The Kier molecular flexibility index (Phi) is 5.27. The SMILES string of the molecule is O=C(Nc1cccc(S(=O)(=O)N2CCCC2)c1)C1=Cc2cc(Br)ccc2OC1. The predicted molar refractivity (Wildman–Crippen MR) is 111 cm³/mol. The zero-order valence-corrected chi connectivity index (χ0v) is 17.4. The number of benzene rings is 2. The second kappa shape index (κ2) is 7.69. The van der Waals surface area contributed by atoms with Crippen LogP contribution in [0.1, 0.15) is 18.4 Å². The predicted octanol–water partition coefficient (Wildman–Crippen LogP) is 3.65. The molecule has 0 bridgehead atoms. The van der Waals surface area contributed by atoms with Crippen molar-refractivity contribution < 1.29 is 17.9 Å². The minimum absolute atomic E-state index is 0.159. The van der Waals surface area contributed by atoms with Crippen LogP contribution < -0.4 is 10.1 Å². The van der Waals surface area contributed by atoms with Crippen LogP contribution in [0.3, 0.4) is 0 Å². The highest BCUT2D eigenvalue weighted by Crippen LogP contribution is 2.30. The summed E-state index contributed by atoms with van der Waals surface area (Å²) in [6.45, 7) is 1.24. The number of carbonyl (C=O) groups excluding carboxylic acids is 1. The molecule has 0 radical (unpaired) electrons. The second-order valence-corrected chi connectivity index (χ2v) is 9.59. The zero-order chi connectivity index (χ0) is 19.7. The number of nitrogens with zero attached hydrogens (tertiary/aromatic N) is 1. The van der Waals surface area contributed by atoms with Crippen molar-refractivity contribution in [1.82, 2.24) is 4.31 Å². The van der Waals surface area contributed by atoms with Gasteiger partial charge in [-0.2, -0.15) is 4.31 Å². The minimum Gasteiger partial charge on any atom is -0.488 e. The van der Waals surface area contributed by atoms with E-state index in [1.54, 1.807) is 24.3 Å². The summed E-state index contributed by atoms with van der Waals surface area (Å²) in [6.07, 6.45) is 3.53. The van der Waals surface area contributed by atoms with Crippen molar-refractivity contribution >= 4 is 43.6 Å². The zero-order valence-electron chi connectivity index (χ0n) is 15.0. The van der Waals surface area contributed by atoms with Gasteiger partial charge in [-0.25, -0.2) is 8.42 Å². The van der Waals surface area contributed by atoms with Crippen LogP contribution in [-0.2, 0) is 14.8 Å². The Bertz CT molecular complexity index is 1060. The molecule has 2 aromatic rings. The molecule has 0 saturated carbocycles. The molecule has 1 saturated heterocycles. The number of rotatable bonds is 4. The maximum absolute atomic E-state index is 12.7. The molecule has 2 aromatic carbocycles. The Balaban J connectivity index is 1.54. The van der Waals surface area contributed by atoms with E-state index in [1.165, 1.54) is 10.4 Å². The van der Waals surface area contributed by atoms with E-state index in [9.17, 15) is 13.2 Å². The van der Waals surface area contributed by atoms with E-state index in [4.69, 9.17) is 4.74 Å². The molecule has 6 nitrogen and oxygen atoms in total. The number of hydrogen-bond donors (Lipinski definition) is 1. The normalized spacial score (nSPS) is 16.8. The van der Waals surface area contributed by atoms with Gasteiger partial charge in [-0.1, -0.05) is 22.0 Å². The number of amides is 1. The van der Waals surface area contributed by atoms with Gasteiger partial charge in [-0.05, 0) is 55.3 Å². The lowest BCUT2D eigenvalue weighted by atomic mass is 10.1. The lowest BCUT2D eigenvalue weighted by Crippen LogP contribution is -2.28. The van der Waals surface area contributed by atoms with Crippen LogP contribution in [-0.4, -0.2) is 38.3 Å². The van der Waals surface area contributed by atoms with Crippen LogP contribution in [0.15, 0.2) is 57.4 Å². The molecule has 1 fully saturated rings. The molecule has 146 valence electrons. The largest absolute Gasteiger partial charge is 0.488 e. The summed E-state index contributed by atoms with van der Waals surface area (Å²) in [7, 11) is -3.53. The molecular weight excluding hydrogens is 444 g/mol. The highest BCUT2D eigenvalue weighted by atomic mass is 79.9. The Labute approximate surface area is 172 Å². The number of fused-ring (bicyclic) bond motifs is 1. The van der Waals surface area contributed by atoms with Gasteiger partial charge in [0.15, 0.2) is 0 Å². The third-order valence-electron chi connectivity index (χ3n) is 4.77. The van der Waals surface area contributed by atoms with Crippen LogP contribution in [0, 0.1) is 0 Å². The van der Waals surface area contributed by atoms with Gasteiger partial charge >= 0.3 is 0 Å². The van der Waals surface area contributed by atoms with Crippen molar-refractivity contribution in [3.63, 3.8) is 0 Å². The van der Waals surface area contributed by atoms with E-state index in [-0.39, 0.29) is 17.4 Å². The maximum atomic E-state index is 12.7. The number of ether oxygens (including phenoxy) is 1. The molecule has 8 heteroatoms. The fourth-order valence-electron chi connectivity index (χ4n) is 3.30. The third-order valence-corrected chi connectivity index (χ3v) is 7.16. The molecule has 2 aliphatic heterocycles. The second-order valence-electron chi connectivity index (χ2n) is 6.73. The Hall–Kier alpha value is -2.16. The summed E-state index contributed by atoms with van der Waals surface area (Å²) in [6, 6.07) is 12.0. The van der Waals surface area contributed by atoms with Crippen molar-refractivity contribution in [1.29, 1.82) is 0 Å². The first-order chi connectivity index (χ1) is 13.4. The van der Waals surface area contributed by atoms with E-state index in [1.807, 2.05) is 18.2 Å². The standard InChI is InChI=1S/C20H19BrN2O4S/c21-16-6-7-19-14(11-16)10-15(13-27-19)20(24)22-17-4-3-5-18(12-17)28(25,26)23-8-1-2-9-23/h3-7,10-12H,1-2,8-9,13H2,(H,22,24). The van der Waals surface area contributed by atoms with Gasteiger partial charge in [0, 0.05) is 28.8 Å². The number of hydrogen-bond acceptors (Lipinski definition) is 4. The summed E-state index contributed by atoms with van der Waals surface area (Å²) in [4.78, 5) is 12.8. The summed E-state index contributed by atoms with van der Waals surface area (Å²) in [5.41, 5.74) is 1.72. The van der Waals surface area contributed by atoms with Crippen LogP contribution in [0.2, 0.25) is 0 Å². The molecule has 28 heavy (non-hydrogen) atoms. The molecule has 1 N–H and O–H groups in total. The first kappa shape index (κ1) is 19.2. The van der Waals surface area contributed by atoms with Crippen LogP contribution in [0.5, 0.6) is 5.75 Å². The average molecular weight is 463 g/mol. The van der Waals surface area contributed by atoms with E-state index >= 15 is 0 Å². The van der Waals surface area contributed by atoms with Crippen molar-refractivity contribution in [2.45, 2.75) is 17.7 Å². The van der Waals surface area contributed by atoms with E-state index in [0.717, 1.165) is 28.6 Å². The molecule has 0 aliphatic carbocycles. The molecule has 4 rings (SSSR count). The molecule has 0 unspecified atom stereocenters. The number of anilines is 1. The van der Waals surface area contributed by atoms with Crippen molar-refractivity contribution in [3.8, 4) is 5.75 Å². The highest BCUT2D eigenvalue weighted by molar-refractivity contribution is 9.10. The smallest absolute Gasteiger partial charge is 0.255 e. The van der Waals surface area contributed by atoms with Gasteiger partial charge in [-0.3, -0.25) is 4.79 Å². The molecule has 2 aliphatic rings. The third kappa shape index (κ3) is 3.85. The monoisotopic (exact) mass is 462 g/mol. The topological polar surface area (TPSA) is 75.7 Å². The maximum Gasteiger partial charge on any atom is 0.255 e. The molecule has 0 spiro atoms. The lowest BCUT2D eigenvalue weighted by Gasteiger charge is -2.18. The van der Waals surface area contributed by atoms with Gasteiger partial charge in [-0.15, -0.1) is 0 Å². The summed E-state index contributed by atoms with van der Waals surface area (Å²) >= 11 is 3.41. The Morgan fingerprint density at radius 1 is 1.11 bits per heavy atom. The van der Waals surface area contributed by atoms with Crippen LogP contribution in [0.4, 0.5) is 5.69 Å². The molecule has 0 atom stereocenters. The Morgan fingerprint density at radius 2 is 1.89 bits per heavy atom. The molecule has 2 heterocycles. The fraction of sp³-hybridized carbons (Fsp3) is 0.250. The number of carbonyl (C=O) groups is 1. The first-order valence-corrected chi connectivity index (χ1v) is 11.2. The van der Waals surface area contributed by atoms with Gasteiger partial charge in [0.2, 0.25) is 10.0 Å². The van der Waals surface area contributed by atoms with Gasteiger partial charge in [0.1, 0.15) is 12.4 Å². The van der Waals surface area contributed by atoms with Crippen LogP contribution in [0.25, 0.3) is 6.08 Å². The fourth-order valence-corrected chi connectivity index (χ4v) is 5.25. The van der Waals surface area contributed by atoms with Gasteiger partial charge in [0.05, 0.1) is 10.5 Å². The lowest BCUT2D eigenvalue weighted by molar-refractivity contribution is -0.113. The molecule has 0 aromatic heterocycles. The highest BCUT2D eigenvalue weighted by Gasteiger charge is 2.27. The van der Waals surface area contributed by atoms with Crippen LogP contribution >= 0.6 is 15.9 Å². The van der Waals surface area contributed by atoms with E-state index in [2.05, 4.69) is 21.2 Å². The van der Waals surface area contributed by atoms with Gasteiger partial charge in [0.25, 0.3) is 5.91 Å². The molecule has 1 amide bonds. The summed E-state index contributed by atoms with van der Waals surface area (Å²) in [5, 5.41) is 2.78. The van der Waals surface area contributed by atoms with E-state index < -0.39 is 10.0 Å². The quantitative estimate of drug-likeness (QED) is 0.752. The number of sulfonamides is 1. The first-order valence-electron chi connectivity index (χ1n) is 8.98. The minimum atomic E-state index is -3.53. The number of halogens is 1. The van der Waals surface area contributed by atoms with Crippen molar-refractivity contribution in [3.05, 3.63) is 58.1 Å². The summed E-state index contributed by atoms with van der Waals surface area (Å²) in [5.74, 6) is 0.403. The molecular formula is C20H19BrN2O4S. The van der Waals surface area contributed by atoms with E-state index in [0.29, 0.717) is 24.4 Å². The van der Waals surface area contributed by atoms with Crippen molar-refractivity contribution in [2.75, 3.05) is 25.0 Å². The average Bonchev–Trinajstić information content (AvgIpc) is 3.23. The summed E-state index contributed by atoms with van der Waals surface area (Å²) < 4.78 is 33.5. The van der Waals surface area contributed by atoms with Gasteiger partial charge < -0.3 is 10.1 Å². The van der Waals surface area contributed by atoms with Crippen molar-refractivity contribution in [2.24, 2.45) is 0 Å². The number of nitrogens with one attached hydrogen (secondary N) is 1.